The zero-order valence-electron chi connectivity index (χ0n) is 22.5. The van der Waals surface area contributed by atoms with Gasteiger partial charge in [-0.2, -0.15) is 4.57 Å². The van der Waals surface area contributed by atoms with E-state index in [0.717, 1.165) is 6.33 Å². The summed E-state index contributed by atoms with van der Waals surface area (Å²) in [5.74, 6) is -0.753. The molecule has 2 aliphatic heterocycles. The second-order valence-corrected chi connectivity index (χ2v) is 13.5. The largest absolute Gasteiger partial charge is 0.756 e. The maximum Gasteiger partial charge on any atom is 0.478 e. The van der Waals surface area contributed by atoms with E-state index in [4.69, 9.17) is 20.9 Å². The molecule has 2 unspecified atom stereocenters. The number of pyridine rings is 1. The molecule has 0 aliphatic carbocycles. The van der Waals surface area contributed by atoms with Crippen LogP contribution in [0.3, 0.4) is 0 Å². The van der Waals surface area contributed by atoms with Crippen LogP contribution in [0.25, 0.3) is 11.2 Å². The summed E-state index contributed by atoms with van der Waals surface area (Å²) in [5.41, 5.74) is 11.4. The van der Waals surface area contributed by atoms with Gasteiger partial charge in [-0.25, -0.2) is 23.8 Å². The normalized spacial score (nSPS) is 31.2. The van der Waals surface area contributed by atoms with Crippen LogP contribution >= 0.6 is 31.6 Å². The summed E-state index contributed by atoms with van der Waals surface area (Å²) < 4.78 is 51.8. The van der Waals surface area contributed by atoms with Gasteiger partial charge >= 0.3 is 7.82 Å². The predicted molar refractivity (Wildman–Crippen MR) is 145 cm³/mol. The maximum absolute atomic E-state index is 12.4. The van der Waals surface area contributed by atoms with Crippen LogP contribution < -0.4 is 20.9 Å². The van der Waals surface area contributed by atoms with Crippen LogP contribution in [-0.4, -0.2) is 101 Å². The van der Waals surface area contributed by atoms with E-state index in [9.17, 15) is 44.1 Å². The van der Waals surface area contributed by atoms with Crippen molar-refractivity contribution in [1.82, 2.24) is 19.5 Å². The molecule has 2 aliphatic rings. The van der Waals surface area contributed by atoms with Crippen molar-refractivity contribution in [2.24, 2.45) is 5.73 Å². The minimum absolute atomic E-state index is 0.0221. The van der Waals surface area contributed by atoms with E-state index < -0.39 is 83.8 Å². The first-order valence-corrected chi connectivity index (χ1v) is 16.5. The molecule has 3 aromatic heterocycles. The lowest BCUT2D eigenvalue weighted by Crippen LogP contribution is -2.46. The summed E-state index contributed by atoms with van der Waals surface area (Å²) in [5, 5.41) is 41.8. The summed E-state index contributed by atoms with van der Waals surface area (Å²) >= 11 is 3.18. The molecule has 2 fully saturated rings. The van der Waals surface area contributed by atoms with Crippen molar-refractivity contribution in [3.8, 4) is 0 Å². The smallest absolute Gasteiger partial charge is 0.478 e. The molecule has 5 heterocycles. The van der Waals surface area contributed by atoms with Crippen molar-refractivity contribution < 1.29 is 71.5 Å². The predicted octanol–water partition coefficient (Wildman–Crippen LogP) is -2.89. The van der Waals surface area contributed by atoms with Gasteiger partial charge in [-0.3, -0.25) is 18.5 Å². The summed E-state index contributed by atoms with van der Waals surface area (Å²) in [6, 6.07) is 2.81. The number of nitrogen functional groups attached to an aromatic ring is 1. The minimum atomic E-state index is -5.63. The van der Waals surface area contributed by atoms with Crippen molar-refractivity contribution in [2.45, 2.75) is 49.1 Å². The number of phosphoric acid groups is 2. The van der Waals surface area contributed by atoms with Crippen molar-refractivity contribution in [1.29, 1.82) is 0 Å². The van der Waals surface area contributed by atoms with Crippen LogP contribution in [-0.2, 0) is 32.0 Å². The standard InChI is InChI=1S/C21H26BrN7O14P2/c22-21-27-11-16(23)25-7-26-18(11)29(21)20-15(33)13(31)10(42-20)6-40-45(37,38)43-44(35,36)39-5-9-12(30)14(32)19(41-9)28-3-1-2-8(4-28)17(24)34/h1-4,7,9-10,12-15,19-20,30-33H,5-6H2,(H5-,23,24,25,26,34,35,36,37,38)/t9-,10-,12-,13-,14-,15-,19-,20-/m1/s1. The number of anilines is 1. The maximum atomic E-state index is 12.4. The van der Waals surface area contributed by atoms with E-state index in [-0.39, 0.29) is 27.3 Å². The van der Waals surface area contributed by atoms with Gasteiger partial charge in [0.15, 0.2) is 46.4 Å². The molecule has 246 valence electrons. The first kappa shape index (κ1) is 33.8. The number of carbonyl (C=O) groups excluding carboxylic acids is 1. The number of nitrogens with zero attached hydrogens (tertiary/aromatic N) is 5. The molecule has 5 rings (SSSR count). The Labute approximate surface area is 260 Å². The van der Waals surface area contributed by atoms with Crippen molar-refractivity contribution in [3.05, 3.63) is 41.2 Å². The van der Waals surface area contributed by atoms with Crippen molar-refractivity contribution >= 4 is 54.5 Å². The Hall–Kier alpha value is -2.53. The first-order valence-electron chi connectivity index (χ1n) is 12.7. The minimum Gasteiger partial charge on any atom is -0.756 e. The number of primary amides is 1. The molecule has 2 saturated heterocycles. The lowest BCUT2D eigenvalue weighted by Gasteiger charge is -2.26. The number of imidazole rings is 1. The molecule has 9 N–H and O–H groups in total. The Bertz CT molecular complexity index is 1680. The zero-order chi connectivity index (χ0) is 32.8. The Morgan fingerprint density at radius 2 is 1.76 bits per heavy atom. The third kappa shape index (κ3) is 7.09. The molecule has 0 spiro atoms. The third-order valence-electron chi connectivity index (χ3n) is 6.79. The molecule has 0 bridgehead atoms. The summed E-state index contributed by atoms with van der Waals surface area (Å²) in [6.07, 6.45) is -8.44. The number of hydrogen-bond acceptors (Lipinski definition) is 17. The number of fused-ring (bicyclic) bond motifs is 1. The van der Waals surface area contributed by atoms with Crippen LogP contribution in [0.4, 0.5) is 5.82 Å². The van der Waals surface area contributed by atoms with Crippen LogP contribution in [0.5, 0.6) is 0 Å². The Morgan fingerprint density at radius 1 is 1.09 bits per heavy atom. The number of ether oxygens (including phenoxy) is 2. The Kier molecular flexibility index (Phi) is 9.72. The van der Waals surface area contributed by atoms with Gasteiger partial charge in [-0.05, 0) is 22.0 Å². The third-order valence-corrected chi connectivity index (χ3v) is 9.92. The van der Waals surface area contributed by atoms with Gasteiger partial charge in [-0.15, -0.1) is 0 Å². The second kappa shape index (κ2) is 12.9. The van der Waals surface area contributed by atoms with Gasteiger partial charge in [0.05, 0.1) is 13.2 Å². The van der Waals surface area contributed by atoms with E-state index in [1.54, 1.807) is 0 Å². The number of amides is 1. The molecule has 0 saturated carbocycles. The Balaban J connectivity index is 1.17. The van der Waals surface area contributed by atoms with E-state index in [2.05, 4.69) is 44.2 Å². The highest BCUT2D eigenvalue weighted by atomic mass is 79.9. The van der Waals surface area contributed by atoms with Crippen LogP contribution in [0.2, 0.25) is 0 Å². The summed E-state index contributed by atoms with van der Waals surface area (Å²) in [6.45, 7) is -1.91. The zero-order valence-corrected chi connectivity index (χ0v) is 25.9. The van der Waals surface area contributed by atoms with Gasteiger partial charge in [0.2, 0.25) is 0 Å². The van der Waals surface area contributed by atoms with Gasteiger partial charge < -0.3 is 55.7 Å². The lowest BCUT2D eigenvalue weighted by molar-refractivity contribution is -0.765. The summed E-state index contributed by atoms with van der Waals surface area (Å²) in [7, 11) is -11.1. The number of rotatable bonds is 11. The molecule has 21 nitrogen and oxygen atoms in total. The van der Waals surface area contributed by atoms with E-state index in [1.165, 1.54) is 33.7 Å². The van der Waals surface area contributed by atoms with Gasteiger partial charge in [-0.1, -0.05) is 0 Å². The fraction of sp³-hybridized carbons (Fsp3) is 0.476. The van der Waals surface area contributed by atoms with Crippen LogP contribution in [0.15, 0.2) is 35.6 Å². The molecule has 0 radical (unpaired) electrons. The molecule has 24 heteroatoms. The molecule has 3 aromatic rings. The first-order chi connectivity index (χ1) is 21.1. The van der Waals surface area contributed by atoms with E-state index in [0.29, 0.717) is 0 Å². The number of carbonyl (C=O) groups is 1. The molecular formula is C21H26BrN7O14P2. The number of aliphatic hydroxyl groups is 4. The van der Waals surface area contributed by atoms with E-state index in [1.807, 2.05) is 0 Å². The number of aromatic nitrogens is 5. The van der Waals surface area contributed by atoms with Gasteiger partial charge in [0.1, 0.15) is 42.4 Å². The van der Waals surface area contributed by atoms with Crippen LogP contribution in [0.1, 0.15) is 22.8 Å². The highest BCUT2D eigenvalue weighted by molar-refractivity contribution is 9.10. The van der Waals surface area contributed by atoms with Gasteiger partial charge in [0.25, 0.3) is 20.0 Å². The summed E-state index contributed by atoms with van der Waals surface area (Å²) in [4.78, 5) is 45.8. The average Bonchev–Trinajstić information content (AvgIpc) is 3.56. The quantitative estimate of drug-likeness (QED) is 0.0589. The van der Waals surface area contributed by atoms with E-state index >= 15 is 0 Å². The van der Waals surface area contributed by atoms with Crippen molar-refractivity contribution in [2.75, 3.05) is 18.9 Å². The monoisotopic (exact) mass is 741 g/mol. The Morgan fingerprint density at radius 3 is 2.47 bits per heavy atom. The number of hydrogen-bond donors (Lipinski definition) is 7. The second-order valence-electron chi connectivity index (χ2n) is 9.77. The molecule has 1 amide bonds. The molecule has 0 aromatic carbocycles. The average molecular weight is 742 g/mol. The molecule has 10 atom stereocenters. The number of halogens is 1. The topological polar surface area (TPSA) is 321 Å². The fourth-order valence-electron chi connectivity index (χ4n) is 4.62. The highest BCUT2D eigenvalue weighted by Crippen LogP contribution is 2.58. The van der Waals surface area contributed by atoms with Crippen LogP contribution in [0, 0.1) is 0 Å². The molecular weight excluding hydrogens is 716 g/mol. The highest BCUT2D eigenvalue weighted by Gasteiger charge is 2.49. The van der Waals surface area contributed by atoms with Gasteiger partial charge in [0, 0.05) is 6.07 Å². The lowest BCUT2D eigenvalue weighted by atomic mass is 10.1. The fourth-order valence-corrected chi connectivity index (χ4v) is 7.22. The number of aliphatic hydroxyl groups excluding tert-OH is 4. The number of nitrogens with two attached hydrogens (primary N) is 2. The SMILES string of the molecule is NC(=O)c1ccc[n+]([C@@H]2O[C@H](COP(=O)([O-])OP(=O)(O)OC[C@H]3O[C@@H](n4c(Br)nc5c(N)ncnc54)[C@H](O)[C@@H]3O)[C@@H](O)[C@H]2O)c1. The number of phosphoric ester groups is 2. The molecule has 45 heavy (non-hydrogen) atoms. The van der Waals surface area contributed by atoms with Crippen molar-refractivity contribution in [3.63, 3.8) is 0 Å².